The lowest BCUT2D eigenvalue weighted by atomic mass is 10.0. The lowest BCUT2D eigenvalue weighted by molar-refractivity contribution is -0.137. The van der Waals surface area contributed by atoms with Crippen LogP contribution in [0.1, 0.15) is 47.2 Å². The van der Waals surface area contributed by atoms with Crippen molar-refractivity contribution in [2.45, 2.75) is 32.5 Å². The van der Waals surface area contributed by atoms with Crippen molar-refractivity contribution in [1.29, 1.82) is 0 Å². The van der Waals surface area contributed by atoms with Crippen LogP contribution in [0, 0.1) is 0 Å². The minimum atomic E-state index is -4.38. The van der Waals surface area contributed by atoms with Crippen LogP contribution in [0.15, 0.2) is 65.1 Å². The average molecular weight is 473 g/mol. The van der Waals surface area contributed by atoms with Crippen LogP contribution in [-0.4, -0.2) is 37.0 Å². The second kappa shape index (κ2) is 9.83. The molecular weight excluding hydrogens is 445 g/mol. The molecule has 1 aromatic heterocycles. The fourth-order valence-electron chi connectivity index (χ4n) is 3.88. The molecule has 1 amide bonds. The molecule has 4 rings (SSSR count). The Balaban J connectivity index is 1.31. The van der Waals surface area contributed by atoms with Crippen molar-refractivity contribution in [3.8, 4) is 5.75 Å². The van der Waals surface area contributed by atoms with Crippen LogP contribution < -0.4 is 9.64 Å². The minimum Gasteiger partial charge on any atom is -0.486 e. The zero-order chi connectivity index (χ0) is 24.3. The number of amides is 1. The molecule has 0 unspecified atom stereocenters. The summed E-state index contributed by atoms with van der Waals surface area (Å²) in [7, 11) is 0. The van der Waals surface area contributed by atoms with Gasteiger partial charge >= 0.3 is 6.18 Å². The maximum atomic E-state index is 13.0. The summed E-state index contributed by atoms with van der Waals surface area (Å²) in [6.07, 6.45) is -4.38. The van der Waals surface area contributed by atoms with Crippen molar-refractivity contribution >= 4 is 11.6 Å². The van der Waals surface area contributed by atoms with Gasteiger partial charge < -0.3 is 19.0 Å². The van der Waals surface area contributed by atoms with Gasteiger partial charge in [0.25, 0.3) is 5.91 Å². The molecule has 1 aliphatic heterocycles. The summed E-state index contributed by atoms with van der Waals surface area (Å²) in [4.78, 5) is 16.3. The van der Waals surface area contributed by atoms with Gasteiger partial charge in [-0.2, -0.15) is 13.2 Å². The van der Waals surface area contributed by atoms with E-state index in [9.17, 15) is 18.0 Å². The third-order valence-corrected chi connectivity index (χ3v) is 5.91. The molecule has 8 heteroatoms. The maximum Gasteiger partial charge on any atom is 0.416 e. The topological polar surface area (TPSA) is 45.9 Å². The molecule has 1 saturated heterocycles. The van der Waals surface area contributed by atoms with Crippen molar-refractivity contribution in [2.75, 3.05) is 31.1 Å². The molecule has 0 saturated carbocycles. The number of rotatable bonds is 6. The normalized spacial score (nSPS) is 14.5. The van der Waals surface area contributed by atoms with E-state index in [1.807, 2.05) is 29.2 Å². The third-order valence-electron chi connectivity index (χ3n) is 5.91. The quantitative estimate of drug-likeness (QED) is 0.444. The molecule has 0 N–H and O–H groups in total. The van der Waals surface area contributed by atoms with Crippen molar-refractivity contribution in [3.05, 3.63) is 83.3 Å². The predicted molar refractivity (Wildman–Crippen MR) is 123 cm³/mol. The number of anilines is 1. The molecule has 180 valence electrons. The van der Waals surface area contributed by atoms with E-state index in [4.69, 9.17) is 9.15 Å². The van der Waals surface area contributed by atoms with Gasteiger partial charge in [-0.05, 0) is 53.9 Å². The molecule has 1 fully saturated rings. The fourth-order valence-corrected chi connectivity index (χ4v) is 3.88. The number of halogens is 3. The number of hydrogen-bond donors (Lipinski definition) is 0. The standard InChI is InChI=1S/C26H27F3N2O3/c1-18(2)19-6-8-22(9-7-19)33-17-23-10-11-24(34-23)25(32)31-14-12-30(13-15-31)21-5-3-4-20(16-21)26(27,28)29/h3-11,16,18H,12-15,17H2,1-2H3. The van der Waals surface area contributed by atoms with E-state index in [2.05, 4.69) is 13.8 Å². The monoisotopic (exact) mass is 472 g/mol. The van der Waals surface area contributed by atoms with E-state index in [1.165, 1.54) is 11.6 Å². The highest BCUT2D eigenvalue weighted by atomic mass is 19.4. The van der Waals surface area contributed by atoms with E-state index < -0.39 is 11.7 Å². The van der Waals surface area contributed by atoms with Gasteiger partial charge in [0.05, 0.1) is 5.56 Å². The Kier molecular flexibility index (Phi) is 6.86. The van der Waals surface area contributed by atoms with Crippen LogP contribution in [0.3, 0.4) is 0 Å². The second-order valence-corrected chi connectivity index (χ2v) is 8.61. The molecule has 0 bridgehead atoms. The Morgan fingerprint density at radius 3 is 2.35 bits per heavy atom. The van der Waals surface area contributed by atoms with Crippen LogP contribution in [-0.2, 0) is 12.8 Å². The number of ether oxygens (including phenoxy) is 1. The summed E-state index contributed by atoms with van der Waals surface area (Å²) >= 11 is 0. The van der Waals surface area contributed by atoms with Crippen molar-refractivity contribution < 1.29 is 27.1 Å². The molecule has 3 aromatic rings. The molecule has 2 heterocycles. The van der Waals surface area contributed by atoms with Gasteiger partial charge in [-0.15, -0.1) is 0 Å². The van der Waals surface area contributed by atoms with Crippen LogP contribution in [0.25, 0.3) is 0 Å². The maximum absolute atomic E-state index is 13.0. The summed E-state index contributed by atoms with van der Waals surface area (Å²) in [6, 6.07) is 16.5. The molecular formula is C26H27F3N2O3. The van der Waals surface area contributed by atoms with Crippen LogP contribution in [0.4, 0.5) is 18.9 Å². The number of carbonyl (C=O) groups excluding carboxylic acids is 1. The van der Waals surface area contributed by atoms with Gasteiger partial charge in [-0.25, -0.2) is 0 Å². The number of furan rings is 1. The van der Waals surface area contributed by atoms with Crippen LogP contribution in [0.5, 0.6) is 5.75 Å². The molecule has 0 spiro atoms. The van der Waals surface area contributed by atoms with Crippen LogP contribution >= 0.6 is 0 Å². The minimum absolute atomic E-state index is 0.206. The SMILES string of the molecule is CC(C)c1ccc(OCc2ccc(C(=O)N3CCN(c4cccc(C(F)(F)F)c4)CC3)o2)cc1. The lowest BCUT2D eigenvalue weighted by Crippen LogP contribution is -2.48. The van der Waals surface area contributed by atoms with Crippen molar-refractivity contribution in [3.63, 3.8) is 0 Å². The van der Waals surface area contributed by atoms with Gasteiger partial charge in [0.1, 0.15) is 18.1 Å². The first-order valence-electron chi connectivity index (χ1n) is 11.2. The van der Waals surface area contributed by atoms with Gasteiger partial charge in [-0.1, -0.05) is 32.0 Å². The van der Waals surface area contributed by atoms with E-state index in [1.54, 1.807) is 23.1 Å². The van der Waals surface area contributed by atoms with Gasteiger partial charge in [0.2, 0.25) is 0 Å². The largest absolute Gasteiger partial charge is 0.486 e. The molecule has 0 radical (unpaired) electrons. The van der Waals surface area contributed by atoms with E-state index >= 15 is 0 Å². The number of benzene rings is 2. The molecule has 2 aromatic carbocycles. The summed E-state index contributed by atoms with van der Waals surface area (Å²) < 4.78 is 50.4. The smallest absolute Gasteiger partial charge is 0.416 e. The first-order chi connectivity index (χ1) is 16.2. The summed E-state index contributed by atoms with van der Waals surface area (Å²) in [5, 5.41) is 0. The van der Waals surface area contributed by atoms with Gasteiger partial charge in [-0.3, -0.25) is 4.79 Å². The Bertz CT molecular complexity index is 1110. The highest BCUT2D eigenvalue weighted by Gasteiger charge is 2.31. The molecule has 0 aliphatic carbocycles. The zero-order valence-electron chi connectivity index (χ0n) is 19.1. The Morgan fingerprint density at radius 2 is 1.71 bits per heavy atom. The van der Waals surface area contributed by atoms with Gasteiger partial charge in [0.15, 0.2) is 5.76 Å². The molecule has 1 aliphatic rings. The Morgan fingerprint density at radius 1 is 1.00 bits per heavy atom. The first-order valence-corrected chi connectivity index (χ1v) is 11.2. The van der Waals surface area contributed by atoms with Gasteiger partial charge in [0, 0.05) is 31.9 Å². The van der Waals surface area contributed by atoms with E-state index in [0.29, 0.717) is 43.5 Å². The predicted octanol–water partition coefficient (Wildman–Crippen LogP) is 5.96. The third kappa shape index (κ3) is 5.55. The highest BCUT2D eigenvalue weighted by Crippen LogP contribution is 2.32. The number of hydrogen-bond acceptors (Lipinski definition) is 4. The Hall–Kier alpha value is -3.42. The number of alkyl halides is 3. The Labute approximate surface area is 196 Å². The number of carbonyl (C=O) groups is 1. The number of piperazine rings is 1. The zero-order valence-corrected chi connectivity index (χ0v) is 19.1. The number of nitrogens with zero attached hydrogens (tertiary/aromatic N) is 2. The summed E-state index contributed by atoms with van der Waals surface area (Å²) in [6.45, 7) is 6.13. The van der Waals surface area contributed by atoms with Crippen molar-refractivity contribution in [1.82, 2.24) is 4.90 Å². The average Bonchev–Trinajstić information content (AvgIpc) is 3.31. The molecule has 0 atom stereocenters. The van der Waals surface area contributed by atoms with E-state index in [-0.39, 0.29) is 18.3 Å². The first kappa shape index (κ1) is 23.7. The van der Waals surface area contributed by atoms with E-state index in [0.717, 1.165) is 17.9 Å². The lowest BCUT2D eigenvalue weighted by Gasteiger charge is -2.36. The molecule has 34 heavy (non-hydrogen) atoms. The second-order valence-electron chi connectivity index (χ2n) is 8.61. The highest BCUT2D eigenvalue weighted by molar-refractivity contribution is 5.91. The fraction of sp³-hybridized carbons (Fsp3) is 0.346. The molecule has 5 nitrogen and oxygen atoms in total. The summed E-state index contributed by atoms with van der Waals surface area (Å²) in [5.41, 5.74) is 1.05. The summed E-state index contributed by atoms with van der Waals surface area (Å²) in [5.74, 6) is 1.69. The van der Waals surface area contributed by atoms with Crippen LogP contribution in [0.2, 0.25) is 0 Å². The van der Waals surface area contributed by atoms with Crippen molar-refractivity contribution in [2.24, 2.45) is 0 Å².